The van der Waals surface area contributed by atoms with Crippen molar-refractivity contribution in [3.63, 3.8) is 0 Å². The van der Waals surface area contributed by atoms with Crippen molar-refractivity contribution in [2.45, 2.75) is 6.54 Å². The molecule has 19 heavy (non-hydrogen) atoms. The molecular weight excluding hydrogens is 374 g/mol. The summed E-state index contributed by atoms with van der Waals surface area (Å²) in [4.78, 5) is 0. The van der Waals surface area contributed by atoms with E-state index < -0.39 is 0 Å². The van der Waals surface area contributed by atoms with Crippen LogP contribution < -0.4 is 10.1 Å². The minimum atomic E-state index is 0.273. The van der Waals surface area contributed by atoms with Gasteiger partial charge >= 0.3 is 0 Å². The Morgan fingerprint density at radius 3 is 2.42 bits per heavy atom. The molecule has 2 N–H and O–H groups in total. The maximum atomic E-state index is 9.24. The van der Waals surface area contributed by atoms with Gasteiger partial charge in [-0.05, 0) is 55.6 Å². The smallest absolute Gasteiger partial charge is 0.135 e. The first-order valence-electron chi connectivity index (χ1n) is 5.65. The van der Waals surface area contributed by atoms with Crippen LogP contribution in [0.4, 0.5) is 5.69 Å². The maximum Gasteiger partial charge on any atom is 0.135 e. The van der Waals surface area contributed by atoms with Crippen LogP contribution >= 0.6 is 31.9 Å². The number of aromatic hydroxyl groups is 1. The number of methoxy groups -OCH3 is 1. The van der Waals surface area contributed by atoms with Gasteiger partial charge in [0, 0.05) is 17.1 Å². The first-order chi connectivity index (χ1) is 9.10. The Bertz CT molecular complexity index is 570. The largest absolute Gasteiger partial charge is 0.508 e. The second-order valence-electron chi connectivity index (χ2n) is 3.99. The predicted molar refractivity (Wildman–Crippen MR) is 83.8 cm³/mol. The molecule has 0 fully saturated rings. The van der Waals surface area contributed by atoms with Gasteiger partial charge in [-0.2, -0.15) is 0 Å². The molecule has 0 aliphatic rings. The lowest BCUT2D eigenvalue weighted by atomic mass is 10.2. The van der Waals surface area contributed by atoms with E-state index in [-0.39, 0.29) is 5.75 Å². The van der Waals surface area contributed by atoms with Crippen molar-refractivity contribution in [1.82, 2.24) is 0 Å². The normalized spacial score (nSPS) is 10.3. The van der Waals surface area contributed by atoms with Crippen molar-refractivity contribution in [1.29, 1.82) is 0 Å². The first-order valence-corrected chi connectivity index (χ1v) is 7.23. The number of ether oxygens (including phenoxy) is 1. The zero-order chi connectivity index (χ0) is 13.8. The van der Waals surface area contributed by atoms with Crippen LogP contribution in [0.1, 0.15) is 5.56 Å². The van der Waals surface area contributed by atoms with Crippen LogP contribution in [0.15, 0.2) is 45.3 Å². The second-order valence-corrected chi connectivity index (χ2v) is 5.70. The van der Waals surface area contributed by atoms with Crippen LogP contribution in [-0.4, -0.2) is 12.2 Å². The van der Waals surface area contributed by atoms with E-state index in [1.165, 1.54) is 0 Å². The number of anilines is 1. The third-order valence-electron chi connectivity index (χ3n) is 2.66. The fourth-order valence-electron chi connectivity index (χ4n) is 1.63. The van der Waals surface area contributed by atoms with Gasteiger partial charge in [-0.3, -0.25) is 0 Å². The van der Waals surface area contributed by atoms with E-state index in [9.17, 15) is 5.11 Å². The molecule has 2 aromatic carbocycles. The van der Waals surface area contributed by atoms with Crippen LogP contribution in [0.5, 0.6) is 11.5 Å². The second kappa shape index (κ2) is 6.30. The average Bonchev–Trinajstić information content (AvgIpc) is 2.40. The summed E-state index contributed by atoms with van der Waals surface area (Å²) in [5, 5.41) is 12.6. The molecule has 2 rings (SSSR count). The summed E-state index contributed by atoms with van der Waals surface area (Å²) in [5.74, 6) is 1.05. The van der Waals surface area contributed by atoms with Gasteiger partial charge < -0.3 is 15.2 Å². The molecule has 100 valence electrons. The molecule has 0 amide bonds. The minimum Gasteiger partial charge on any atom is -0.508 e. The van der Waals surface area contributed by atoms with Crippen molar-refractivity contribution in [2.75, 3.05) is 12.4 Å². The maximum absolute atomic E-state index is 9.24. The average molecular weight is 387 g/mol. The molecule has 3 nitrogen and oxygen atoms in total. The van der Waals surface area contributed by atoms with Gasteiger partial charge in [0.1, 0.15) is 11.5 Å². The monoisotopic (exact) mass is 385 g/mol. The highest BCUT2D eigenvalue weighted by atomic mass is 79.9. The van der Waals surface area contributed by atoms with Gasteiger partial charge in [0.05, 0.1) is 17.3 Å². The highest BCUT2D eigenvalue weighted by Gasteiger charge is 2.06. The molecule has 0 aromatic heterocycles. The summed E-state index contributed by atoms with van der Waals surface area (Å²) in [6.07, 6.45) is 0. The quantitative estimate of drug-likeness (QED) is 0.810. The third kappa shape index (κ3) is 3.64. The van der Waals surface area contributed by atoms with Gasteiger partial charge in [-0.1, -0.05) is 12.1 Å². The van der Waals surface area contributed by atoms with Crippen LogP contribution in [0.25, 0.3) is 0 Å². The number of phenols is 1. The van der Waals surface area contributed by atoms with Crippen molar-refractivity contribution < 1.29 is 9.84 Å². The Labute approximate surface area is 128 Å². The van der Waals surface area contributed by atoms with Gasteiger partial charge in [-0.15, -0.1) is 0 Å². The summed E-state index contributed by atoms with van der Waals surface area (Å²) in [5.41, 5.74) is 2.04. The van der Waals surface area contributed by atoms with E-state index in [0.29, 0.717) is 6.54 Å². The number of nitrogens with one attached hydrogen (secondary N) is 1. The molecule has 0 bridgehead atoms. The molecule has 5 heteroatoms. The SMILES string of the molecule is COc1cc(NCc2ccc(O)cc2)c(Br)cc1Br. The number of benzene rings is 2. The standard InChI is InChI=1S/C14H13Br2NO2/c1-19-14-7-13(11(15)6-12(14)16)17-8-9-2-4-10(18)5-3-9/h2-7,17-18H,8H2,1H3. The Hall–Kier alpha value is -1.20. The Balaban J connectivity index is 2.13. The molecule has 0 unspecified atom stereocenters. The van der Waals surface area contributed by atoms with Crippen molar-refractivity contribution >= 4 is 37.5 Å². The predicted octanol–water partition coefficient (Wildman–Crippen LogP) is 4.54. The summed E-state index contributed by atoms with van der Waals surface area (Å²) < 4.78 is 7.13. The lowest BCUT2D eigenvalue weighted by molar-refractivity contribution is 0.412. The molecular formula is C14H13Br2NO2. The zero-order valence-electron chi connectivity index (χ0n) is 10.3. The minimum absolute atomic E-state index is 0.273. The molecule has 0 spiro atoms. The van der Waals surface area contributed by atoms with E-state index >= 15 is 0 Å². The number of halogens is 2. The number of hydrogen-bond donors (Lipinski definition) is 2. The lowest BCUT2D eigenvalue weighted by Crippen LogP contribution is -2.00. The topological polar surface area (TPSA) is 41.5 Å². The Morgan fingerprint density at radius 1 is 1.11 bits per heavy atom. The highest BCUT2D eigenvalue weighted by Crippen LogP contribution is 2.34. The third-order valence-corrected chi connectivity index (χ3v) is 3.94. The fourth-order valence-corrected chi connectivity index (χ4v) is 2.93. The van der Waals surface area contributed by atoms with Crippen molar-refractivity contribution in [2.24, 2.45) is 0 Å². The molecule has 0 aliphatic heterocycles. The Kier molecular flexibility index (Phi) is 4.71. The highest BCUT2D eigenvalue weighted by molar-refractivity contribution is 9.11. The van der Waals surface area contributed by atoms with Crippen molar-refractivity contribution in [3.8, 4) is 11.5 Å². The van der Waals surface area contributed by atoms with Gasteiger partial charge in [0.25, 0.3) is 0 Å². The number of hydrogen-bond acceptors (Lipinski definition) is 3. The molecule has 0 heterocycles. The molecule has 0 atom stereocenters. The van der Waals surface area contributed by atoms with Crippen LogP contribution in [0, 0.1) is 0 Å². The molecule has 2 aromatic rings. The molecule has 0 saturated heterocycles. The number of phenolic OH excluding ortho intramolecular Hbond substituents is 1. The zero-order valence-corrected chi connectivity index (χ0v) is 13.5. The summed E-state index contributed by atoms with van der Waals surface area (Å²) in [6, 6.07) is 11.0. The first kappa shape index (κ1) is 14.2. The van der Waals surface area contributed by atoms with Gasteiger partial charge in [-0.25, -0.2) is 0 Å². The van der Waals surface area contributed by atoms with Gasteiger partial charge in [0.15, 0.2) is 0 Å². The summed E-state index contributed by atoms with van der Waals surface area (Å²) in [6.45, 7) is 0.670. The van der Waals surface area contributed by atoms with E-state index in [2.05, 4.69) is 37.2 Å². The molecule has 0 radical (unpaired) electrons. The fraction of sp³-hybridized carbons (Fsp3) is 0.143. The van der Waals surface area contributed by atoms with E-state index in [1.807, 2.05) is 24.3 Å². The molecule has 0 saturated carbocycles. The number of rotatable bonds is 4. The van der Waals surface area contributed by atoms with Crippen LogP contribution in [-0.2, 0) is 6.54 Å². The van der Waals surface area contributed by atoms with E-state index in [0.717, 1.165) is 25.9 Å². The van der Waals surface area contributed by atoms with E-state index in [4.69, 9.17) is 4.74 Å². The summed E-state index contributed by atoms with van der Waals surface area (Å²) >= 11 is 6.94. The Morgan fingerprint density at radius 2 is 1.79 bits per heavy atom. The molecule has 0 aliphatic carbocycles. The van der Waals surface area contributed by atoms with E-state index in [1.54, 1.807) is 19.2 Å². The van der Waals surface area contributed by atoms with Crippen molar-refractivity contribution in [3.05, 3.63) is 50.9 Å². The van der Waals surface area contributed by atoms with Crippen LogP contribution in [0.3, 0.4) is 0 Å². The van der Waals surface area contributed by atoms with Gasteiger partial charge in [0.2, 0.25) is 0 Å². The lowest BCUT2D eigenvalue weighted by Gasteiger charge is -2.12. The van der Waals surface area contributed by atoms with Crippen LogP contribution in [0.2, 0.25) is 0 Å². The summed E-state index contributed by atoms with van der Waals surface area (Å²) in [7, 11) is 1.64.